The SMILES string of the molecule is CC1CCC(NS(=O)(=O)C2CCCC2)CN1. The average molecular weight is 246 g/mol. The lowest BCUT2D eigenvalue weighted by atomic mass is 10.0. The van der Waals surface area contributed by atoms with Crippen molar-refractivity contribution in [1.82, 2.24) is 10.0 Å². The molecule has 4 nitrogen and oxygen atoms in total. The molecule has 0 spiro atoms. The summed E-state index contributed by atoms with van der Waals surface area (Å²) in [6.07, 6.45) is 5.81. The van der Waals surface area contributed by atoms with E-state index in [0.717, 1.165) is 45.1 Å². The van der Waals surface area contributed by atoms with Crippen molar-refractivity contribution in [1.29, 1.82) is 0 Å². The predicted molar refractivity (Wildman–Crippen MR) is 64.8 cm³/mol. The standard InChI is InChI=1S/C11H22N2O2S/c1-9-6-7-10(8-12-9)13-16(14,15)11-4-2-3-5-11/h9-13H,2-8H2,1H3. The number of piperidine rings is 1. The molecule has 2 aliphatic rings. The molecule has 2 rings (SSSR count). The second-order valence-electron chi connectivity index (χ2n) is 5.15. The van der Waals surface area contributed by atoms with Crippen molar-refractivity contribution < 1.29 is 8.42 Å². The lowest BCUT2D eigenvalue weighted by Gasteiger charge is -2.29. The second-order valence-corrected chi connectivity index (χ2v) is 7.15. The van der Waals surface area contributed by atoms with Gasteiger partial charge in [0, 0.05) is 18.6 Å². The van der Waals surface area contributed by atoms with E-state index < -0.39 is 10.0 Å². The van der Waals surface area contributed by atoms with Gasteiger partial charge in [-0.2, -0.15) is 0 Å². The van der Waals surface area contributed by atoms with Gasteiger partial charge >= 0.3 is 0 Å². The van der Waals surface area contributed by atoms with Gasteiger partial charge in [0.05, 0.1) is 5.25 Å². The maximum Gasteiger partial charge on any atom is 0.214 e. The highest BCUT2D eigenvalue weighted by Gasteiger charge is 2.31. The summed E-state index contributed by atoms with van der Waals surface area (Å²) < 4.78 is 27.0. The quantitative estimate of drug-likeness (QED) is 0.781. The Balaban J connectivity index is 1.88. The third-order valence-electron chi connectivity index (χ3n) is 3.73. The third-order valence-corrected chi connectivity index (χ3v) is 5.74. The summed E-state index contributed by atoms with van der Waals surface area (Å²) in [7, 11) is -3.07. The summed E-state index contributed by atoms with van der Waals surface area (Å²) in [5, 5.41) is 3.19. The molecule has 94 valence electrons. The largest absolute Gasteiger partial charge is 0.313 e. The van der Waals surface area contributed by atoms with E-state index in [4.69, 9.17) is 0 Å². The molecule has 5 heteroatoms. The van der Waals surface area contributed by atoms with Crippen molar-refractivity contribution in [3.63, 3.8) is 0 Å². The third kappa shape index (κ3) is 2.96. The van der Waals surface area contributed by atoms with E-state index >= 15 is 0 Å². The Kier molecular flexibility index (Phi) is 3.87. The molecule has 0 aromatic heterocycles. The van der Waals surface area contributed by atoms with Gasteiger partial charge in [-0.1, -0.05) is 12.8 Å². The summed E-state index contributed by atoms with van der Waals surface area (Å²) in [4.78, 5) is 0. The minimum atomic E-state index is -3.07. The molecular formula is C11H22N2O2S. The molecule has 0 aromatic carbocycles. The predicted octanol–water partition coefficient (Wildman–Crippen LogP) is 0.989. The van der Waals surface area contributed by atoms with Gasteiger partial charge in [0.1, 0.15) is 0 Å². The van der Waals surface area contributed by atoms with Crippen LogP contribution in [0.1, 0.15) is 45.4 Å². The molecule has 1 aliphatic carbocycles. The number of hydrogen-bond acceptors (Lipinski definition) is 3. The van der Waals surface area contributed by atoms with E-state index in [1.807, 2.05) is 0 Å². The Morgan fingerprint density at radius 1 is 1.12 bits per heavy atom. The van der Waals surface area contributed by atoms with Crippen molar-refractivity contribution in [3.8, 4) is 0 Å². The molecule has 1 heterocycles. The zero-order valence-corrected chi connectivity index (χ0v) is 10.7. The molecule has 2 fully saturated rings. The van der Waals surface area contributed by atoms with E-state index in [1.54, 1.807) is 0 Å². The minimum absolute atomic E-state index is 0.0989. The maximum absolute atomic E-state index is 12.0. The van der Waals surface area contributed by atoms with E-state index in [9.17, 15) is 8.42 Å². The van der Waals surface area contributed by atoms with Gasteiger partial charge in [0.25, 0.3) is 0 Å². The van der Waals surface area contributed by atoms with E-state index in [-0.39, 0.29) is 11.3 Å². The zero-order valence-electron chi connectivity index (χ0n) is 9.91. The summed E-state index contributed by atoms with van der Waals surface area (Å²) in [6.45, 7) is 2.91. The highest BCUT2D eigenvalue weighted by Crippen LogP contribution is 2.24. The average Bonchev–Trinajstić information content (AvgIpc) is 2.75. The van der Waals surface area contributed by atoms with Crippen molar-refractivity contribution in [2.75, 3.05) is 6.54 Å². The van der Waals surface area contributed by atoms with Gasteiger partial charge in [-0.15, -0.1) is 0 Å². The van der Waals surface area contributed by atoms with Gasteiger partial charge in [0.15, 0.2) is 0 Å². The Morgan fingerprint density at radius 2 is 1.81 bits per heavy atom. The molecule has 1 aliphatic heterocycles. The Bertz CT molecular complexity index is 315. The van der Waals surface area contributed by atoms with Crippen LogP contribution in [-0.2, 0) is 10.0 Å². The van der Waals surface area contributed by atoms with Crippen LogP contribution in [0.5, 0.6) is 0 Å². The highest BCUT2D eigenvalue weighted by atomic mass is 32.2. The van der Waals surface area contributed by atoms with Crippen molar-refractivity contribution in [2.24, 2.45) is 0 Å². The van der Waals surface area contributed by atoms with Crippen LogP contribution in [-0.4, -0.2) is 32.3 Å². The monoisotopic (exact) mass is 246 g/mol. The molecule has 2 atom stereocenters. The topological polar surface area (TPSA) is 58.2 Å². The van der Waals surface area contributed by atoms with Gasteiger partial charge in [-0.05, 0) is 32.6 Å². The zero-order chi connectivity index (χ0) is 11.6. The van der Waals surface area contributed by atoms with Crippen LogP contribution in [0.3, 0.4) is 0 Å². The summed E-state index contributed by atoms with van der Waals surface area (Å²) in [6, 6.07) is 0.619. The lowest BCUT2D eigenvalue weighted by Crippen LogP contribution is -2.50. The summed E-state index contributed by atoms with van der Waals surface area (Å²) in [5.74, 6) is 0. The van der Waals surface area contributed by atoms with Crippen LogP contribution in [0.4, 0.5) is 0 Å². The molecule has 2 N–H and O–H groups in total. The summed E-state index contributed by atoms with van der Waals surface area (Å²) in [5.41, 5.74) is 0. The molecule has 0 aromatic rings. The first-order valence-corrected chi connectivity index (χ1v) is 7.87. The van der Waals surface area contributed by atoms with E-state index in [0.29, 0.717) is 6.04 Å². The molecular weight excluding hydrogens is 224 g/mol. The fraction of sp³-hybridized carbons (Fsp3) is 1.00. The molecule has 0 radical (unpaired) electrons. The van der Waals surface area contributed by atoms with Crippen LogP contribution in [0.15, 0.2) is 0 Å². The van der Waals surface area contributed by atoms with Gasteiger partial charge in [-0.3, -0.25) is 0 Å². The first-order valence-electron chi connectivity index (χ1n) is 6.32. The van der Waals surface area contributed by atoms with Gasteiger partial charge < -0.3 is 5.32 Å². The Hall–Kier alpha value is -0.130. The van der Waals surface area contributed by atoms with Crippen LogP contribution >= 0.6 is 0 Å². The fourth-order valence-corrected chi connectivity index (χ4v) is 4.44. The van der Waals surface area contributed by atoms with E-state index in [2.05, 4.69) is 17.0 Å². The highest BCUT2D eigenvalue weighted by molar-refractivity contribution is 7.90. The molecule has 16 heavy (non-hydrogen) atoms. The van der Waals surface area contributed by atoms with Crippen LogP contribution in [0.2, 0.25) is 0 Å². The number of sulfonamides is 1. The summed E-state index contributed by atoms with van der Waals surface area (Å²) >= 11 is 0. The molecule has 0 bridgehead atoms. The lowest BCUT2D eigenvalue weighted by molar-refractivity contribution is 0.365. The van der Waals surface area contributed by atoms with Crippen molar-refractivity contribution in [2.45, 2.75) is 62.8 Å². The van der Waals surface area contributed by atoms with Crippen molar-refractivity contribution >= 4 is 10.0 Å². The van der Waals surface area contributed by atoms with Gasteiger partial charge in [-0.25, -0.2) is 13.1 Å². The normalized spacial score (nSPS) is 33.1. The van der Waals surface area contributed by atoms with Crippen LogP contribution < -0.4 is 10.0 Å². The number of hydrogen-bond donors (Lipinski definition) is 2. The number of rotatable bonds is 3. The van der Waals surface area contributed by atoms with Gasteiger partial charge in [0.2, 0.25) is 10.0 Å². The smallest absolute Gasteiger partial charge is 0.214 e. The number of nitrogens with one attached hydrogen (secondary N) is 2. The van der Waals surface area contributed by atoms with Crippen molar-refractivity contribution in [3.05, 3.63) is 0 Å². The van der Waals surface area contributed by atoms with Crippen LogP contribution in [0.25, 0.3) is 0 Å². The van der Waals surface area contributed by atoms with Crippen LogP contribution in [0, 0.1) is 0 Å². The molecule has 1 saturated heterocycles. The molecule has 2 unspecified atom stereocenters. The molecule has 1 saturated carbocycles. The first kappa shape index (κ1) is 12.3. The maximum atomic E-state index is 12.0. The molecule has 0 amide bonds. The Labute approximate surface area is 98.2 Å². The fourth-order valence-electron chi connectivity index (χ4n) is 2.63. The Morgan fingerprint density at radius 3 is 2.38 bits per heavy atom. The second kappa shape index (κ2) is 5.02. The van der Waals surface area contributed by atoms with E-state index in [1.165, 1.54) is 0 Å². The first-order chi connectivity index (χ1) is 7.58. The minimum Gasteiger partial charge on any atom is -0.313 e.